The molecule has 2 aromatic rings. The Balaban J connectivity index is 2.34. The third kappa shape index (κ3) is 3.12. The van der Waals surface area contributed by atoms with Crippen molar-refractivity contribution in [1.29, 1.82) is 0 Å². The topological polar surface area (TPSA) is 54.9 Å². The number of carbonyl (C=O) groups excluding carboxylic acids is 1. The molecule has 0 fully saturated rings. The molecular weight excluding hydrogens is 315 g/mol. The van der Waals surface area contributed by atoms with Gasteiger partial charge in [0.05, 0.1) is 5.69 Å². The van der Waals surface area contributed by atoms with Crippen LogP contribution in [0.25, 0.3) is 0 Å². The molecule has 0 spiro atoms. The molecule has 0 saturated carbocycles. The quantitative estimate of drug-likeness (QED) is 0.676. The molecule has 0 unspecified atom stereocenters. The van der Waals surface area contributed by atoms with Crippen molar-refractivity contribution < 1.29 is 9.18 Å². The van der Waals surface area contributed by atoms with Crippen molar-refractivity contribution in [3.05, 3.63) is 51.2 Å². The average Bonchev–Trinajstić information content (AvgIpc) is 2.30. The predicted octanol–water partition coefficient (Wildman–Crippen LogP) is 3.83. The summed E-state index contributed by atoms with van der Waals surface area (Å²) in [7, 11) is 0. The molecule has 0 aliphatic carbocycles. The summed E-state index contributed by atoms with van der Waals surface area (Å²) >= 11 is 17.1. The van der Waals surface area contributed by atoms with E-state index < -0.39 is 11.7 Å². The number of aromatic nitrogens is 2. The Hall–Kier alpha value is -1.43. The standard InChI is InChI=1S/C11H5Cl3FN3O/c12-8-7(9(13)18-11(14)17-8)10(19)16-6-4-2-1-3-5(6)15/h1-4H,(H,16,19). The molecule has 1 amide bonds. The maximum atomic E-state index is 13.4. The summed E-state index contributed by atoms with van der Waals surface area (Å²) in [4.78, 5) is 19.2. The Bertz CT molecular complexity index is 628. The third-order valence-electron chi connectivity index (χ3n) is 2.14. The minimum atomic E-state index is -0.725. The number of hydrogen-bond acceptors (Lipinski definition) is 3. The van der Waals surface area contributed by atoms with Gasteiger partial charge >= 0.3 is 0 Å². The van der Waals surface area contributed by atoms with Gasteiger partial charge in [0.1, 0.15) is 21.7 Å². The summed E-state index contributed by atoms with van der Waals surface area (Å²) < 4.78 is 13.4. The monoisotopic (exact) mass is 319 g/mol. The summed E-state index contributed by atoms with van der Waals surface area (Å²) in [5.74, 6) is -1.31. The van der Waals surface area contributed by atoms with E-state index in [2.05, 4.69) is 15.3 Å². The number of rotatable bonds is 2. The number of halogens is 4. The number of para-hydroxylation sites is 1. The maximum absolute atomic E-state index is 13.4. The van der Waals surface area contributed by atoms with Gasteiger partial charge in [0.15, 0.2) is 0 Å². The van der Waals surface area contributed by atoms with Crippen LogP contribution in [0.1, 0.15) is 10.4 Å². The van der Waals surface area contributed by atoms with Gasteiger partial charge < -0.3 is 5.32 Å². The molecule has 2 rings (SSSR count). The highest BCUT2D eigenvalue weighted by Gasteiger charge is 2.19. The number of anilines is 1. The van der Waals surface area contributed by atoms with Crippen LogP contribution >= 0.6 is 34.8 Å². The van der Waals surface area contributed by atoms with Crippen molar-refractivity contribution in [2.75, 3.05) is 5.32 Å². The number of amides is 1. The molecule has 4 nitrogen and oxygen atoms in total. The van der Waals surface area contributed by atoms with Crippen LogP contribution in [-0.2, 0) is 0 Å². The van der Waals surface area contributed by atoms with Crippen LogP contribution in [-0.4, -0.2) is 15.9 Å². The van der Waals surface area contributed by atoms with Crippen LogP contribution in [0.2, 0.25) is 15.6 Å². The molecule has 1 aromatic heterocycles. The van der Waals surface area contributed by atoms with Crippen molar-refractivity contribution in [2.24, 2.45) is 0 Å². The highest BCUT2D eigenvalue weighted by molar-refractivity contribution is 6.40. The van der Waals surface area contributed by atoms with E-state index in [0.29, 0.717) is 0 Å². The number of nitrogens with one attached hydrogen (secondary N) is 1. The molecule has 19 heavy (non-hydrogen) atoms. The largest absolute Gasteiger partial charge is 0.319 e. The smallest absolute Gasteiger partial charge is 0.262 e. The molecule has 0 bridgehead atoms. The van der Waals surface area contributed by atoms with Crippen LogP contribution < -0.4 is 5.32 Å². The Morgan fingerprint density at radius 3 is 2.26 bits per heavy atom. The lowest BCUT2D eigenvalue weighted by Crippen LogP contribution is -2.15. The lowest BCUT2D eigenvalue weighted by molar-refractivity contribution is 0.102. The van der Waals surface area contributed by atoms with E-state index in [1.165, 1.54) is 18.2 Å². The van der Waals surface area contributed by atoms with E-state index in [1.807, 2.05) is 0 Å². The first-order valence-corrected chi connectivity index (χ1v) is 6.07. The second-order valence-electron chi connectivity index (χ2n) is 3.38. The van der Waals surface area contributed by atoms with E-state index in [4.69, 9.17) is 34.8 Å². The van der Waals surface area contributed by atoms with E-state index >= 15 is 0 Å². The molecule has 0 saturated heterocycles. The molecule has 0 aliphatic heterocycles. The zero-order chi connectivity index (χ0) is 14.0. The van der Waals surface area contributed by atoms with Gasteiger partial charge in [-0.25, -0.2) is 14.4 Å². The van der Waals surface area contributed by atoms with Crippen LogP contribution in [0.3, 0.4) is 0 Å². The van der Waals surface area contributed by atoms with E-state index in [0.717, 1.165) is 0 Å². The Morgan fingerprint density at radius 1 is 1.11 bits per heavy atom. The van der Waals surface area contributed by atoms with Gasteiger partial charge in [-0.15, -0.1) is 0 Å². The van der Waals surface area contributed by atoms with Crippen molar-refractivity contribution in [3.8, 4) is 0 Å². The maximum Gasteiger partial charge on any atom is 0.262 e. The SMILES string of the molecule is O=C(Nc1ccccc1F)c1c(Cl)nc(Cl)nc1Cl. The van der Waals surface area contributed by atoms with E-state index in [-0.39, 0.29) is 26.8 Å². The summed E-state index contributed by atoms with van der Waals surface area (Å²) in [6.07, 6.45) is 0. The molecular formula is C11H5Cl3FN3O. The van der Waals surface area contributed by atoms with Crippen LogP contribution in [0, 0.1) is 5.82 Å². The number of benzene rings is 1. The zero-order valence-corrected chi connectivity index (χ0v) is 11.4. The van der Waals surface area contributed by atoms with E-state index in [9.17, 15) is 9.18 Å². The second kappa shape index (κ2) is 5.69. The molecule has 0 aliphatic rings. The minimum Gasteiger partial charge on any atom is -0.319 e. The van der Waals surface area contributed by atoms with E-state index in [1.54, 1.807) is 6.07 Å². The average molecular weight is 321 g/mol. The summed E-state index contributed by atoms with van der Waals surface area (Å²) in [6.45, 7) is 0. The first kappa shape index (κ1) is 14.0. The van der Waals surface area contributed by atoms with Gasteiger partial charge in [-0.05, 0) is 23.7 Å². The lowest BCUT2D eigenvalue weighted by atomic mass is 10.2. The third-order valence-corrected chi connectivity index (χ3v) is 2.86. The first-order valence-electron chi connectivity index (χ1n) is 4.93. The predicted molar refractivity (Wildman–Crippen MR) is 71.4 cm³/mol. The van der Waals surface area contributed by atoms with Gasteiger partial charge in [-0.3, -0.25) is 4.79 Å². The molecule has 0 atom stereocenters. The van der Waals surface area contributed by atoms with Crippen molar-refractivity contribution in [2.45, 2.75) is 0 Å². The first-order chi connectivity index (χ1) is 8.99. The van der Waals surface area contributed by atoms with Crippen molar-refractivity contribution in [1.82, 2.24) is 9.97 Å². The van der Waals surface area contributed by atoms with Crippen molar-refractivity contribution in [3.63, 3.8) is 0 Å². The fourth-order valence-electron chi connectivity index (χ4n) is 1.32. The summed E-state index contributed by atoms with van der Waals surface area (Å²) in [6, 6.07) is 5.67. The lowest BCUT2D eigenvalue weighted by Gasteiger charge is -2.08. The Kier molecular flexibility index (Phi) is 4.19. The molecule has 1 heterocycles. The minimum absolute atomic E-state index is 0.00502. The normalized spacial score (nSPS) is 10.3. The van der Waals surface area contributed by atoms with Crippen LogP contribution in [0.4, 0.5) is 10.1 Å². The van der Waals surface area contributed by atoms with Gasteiger partial charge in [0.2, 0.25) is 5.28 Å². The Labute approximate surface area is 122 Å². The fraction of sp³-hybridized carbons (Fsp3) is 0. The highest BCUT2D eigenvalue weighted by Crippen LogP contribution is 2.24. The van der Waals surface area contributed by atoms with Gasteiger partial charge in [-0.1, -0.05) is 35.3 Å². The highest BCUT2D eigenvalue weighted by atomic mass is 35.5. The molecule has 98 valence electrons. The number of nitrogens with zero attached hydrogens (tertiary/aromatic N) is 2. The molecule has 8 heteroatoms. The number of carbonyl (C=O) groups is 1. The van der Waals surface area contributed by atoms with Gasteiger partial charge in [0, 0.05) is 0 Å². The van der Waals surface area contributed by atoms with Gasteiger partial charge in [-0.2, -0.15) is 0 Å². The zero-order valence-electron chi connectivity index (χ0n) is 9.12. The number of hydrogen-bond donors (Lipinski definition) is 1. The fourth-order valence-corrected chi connectivity index (χ4v) is 2.13. The van der Waals surface area contributed by atoms with Crippen LogP contribution in [0.5, 0.6) is 0 Å². The summed E-state index contributed by atoms with van der Waals surface area (Å²) in [5.41, 5.74) is -0.175. The second-order valence-corrected chi connectivity index (χ2v) is 4.44. The molecule has 0 radical (unpaired) electrons. The van der Waals surface area contributed by atoms with Gasteiger partial charge in [0.25, 0.3) is 5.91 Å². The van der Waals surface area contributed by atoms with Crippen molar-refractivity contribution >= 4 is 46.4 Å². The molecule has 1 aromatic carbocycles. The summed E-state index contributed by atoms with van der Waals surface area (Å²) in [5, 5.41) is 1.72. The Morgan fingerprint density at radius 2 is 1.68 bits per heavy atom. The van der Waals surface area contributed by atoms with Crippen LogP contribution in [0.15, 0.2) is 24.3 Å². The molecule has 1 N–H and O–H groups in total.